The Balaban J connectivity index is 2.55. The number of carboxylic acids is 1. The van der Waals surface area contributed by atoms with E-state index in [0.717, 1.165) is 0 Å². The molecule has 1 rings (SSSR count). The van der Waals surface area contributed by atoms with Gasteiger partial charge in [-0.25, -0.2) is 4.39 Å². The number of carboxylic acid groups (broad SMARTS) is 1. The fourth-order valence-electron chi connectivity index (χ4n) is 2.41. The highest BCUT2D eigenvalue weighted by Crippen LogP contribution is 2.32. The third-order valence-corrected chi connectivity index (χ3v) is 4.65. The van der Waals surface area contributed by atoms with Crippen LogP contribution in [0.3, 0.4) is 0 Å². The molecule has 0 radical (unpaired) electrons. The van der Waals surface area contributed by atoms with Crippen molar-refractivity contribution < 1.29 is 45.6 Å². The Morgan fingerprint density at radius 3 is 2.22 bits per heavy atom. The van der Waals surface area contributed by atoms with E-state index in [1.54, 1.807) is 0 Å². The van der Waals surface area contributed by atoms with Crippen LogP contribution in [0.5, 0.6) is 0 Å². The van der Waals surface area contributed by atoms with Crippen LogP contribution in [-0.4, -0.2) is 48.0 Å². The summed E-state index contributed by atoms with van der Waals surface area (Å²) in [6, 6.07) is 0. The molecule has 3 atom stereocenters. The van der Waals surface area contributed by atoms with Gasteiger partial charge in [-0.05, 0) is 12.8 Å². The van der Waals surface area contributed by atoms with Crippen molar-refractivity contribution in [3.05, 3.63) is 0 Å². The Kier molecular flexibility index (Phi) is 6.40. The van der Waals surface area contributed by atoms with Gasteiger partial charge < -0.3 is 9.84 Å². The number of halogens is 3. The third-order valence-electron chi connectivity index (χ3n) is 3.71. The lowest BCUT2D eigenvalue weighted by Gasteiger charge is -2.26. The average Bonchev–Trinajstić information content (AvgIpc) is 2.45. The zero-order valence-corrected chi connectivity index (χ0v) is 12.8. The van der Waals surface area contributed by atoms with Crippen molar-refractivity contribution in [2.75, 3.05) is 6.61 Å². The van der Waals surface area contributed by atoms with Crippen LogP contribution in [-0.2, 0) is 24.4 Å². The predicted molar refractivity (Wildman–Crippen MR) is 70.1 cm³/mol. The molecule has 1 saturated carbocycles. The molecule has 3 unspecified atom stereocenters. The number of ether oxygens (including phenoxy) is 1. The van der Waals surface area contributed by atoms with Gasteiger partial charge in [-0.2, -0.15) is 17.2 Å². The molecule has 1 fully saturated rings. The normalized spacial score (nSPS) is 24.0. The second-order valence-electron chi connectivity index (χ2n) is 5.30. The summed E-state index contributed by atoms with van der Waals surface area (Å²) in [6.45, 7) is -0.853. The molecular formula is C12H17F3O7S. The number of carbonyl (C=O) groups is 2. The standard InChI is InChI=1S/C12H17F3O7S/c13-9(12(14,15)23(19,20)21)5-6-22-11(18)8-4-2-1-3-7(8)10(16)17/h7-9H,1-6H2,(H,16,17)(H,19,20,21). The van der Waals surface area contributed by atoms with E-state index in [9.17, 15) is 31.2 Å². The molecule has 0 bridgehead atoms. The molecule has 0 aromatic rings. The lowest BCUT2D eigenvalue weighted by molar-refractivity contribution is -0.160. The third kappa shape index (κ3) is 4.80. The van der Waals surface area contributed by atoms with Gasteiger partial charge in [0.1, 0.15) is 0 Å². The van der Waals surface area contributed by atoms with Crippen LogP contribution in [0.15, 0.2) is 0 Å². The molecule has 11 heteroatoms. The first-order valence-electron chi connectivity index (χ1n) is 6.86. The number of aliphatic carboxylic acids is 1. The summed E-state index contributed by atoms with van der Waals surface area (Å²) < 4.78 is 72.6. The minimum absolute atomic E-state index is 0.260. The zero-order valence-electron chi connectivity index (χ0n) is 12.0. The topological polar surface area (TPSA) is 118 Å². The second kappa shape index (κ2) is 7.47. The van der Waals surface area contributed by atoms with Crippen LogP contribution in [0.1, 0.15) is 32.1 Å². The van der Waals surface area contributed by atoms with E-state index >= 15 is 0 Å². The Morgan fingerprint density at radius 1 is 1.22 bits per heavy atom. The SMILES string of the molecule is O=C(O)C1CCCCC1C(=O)OCCC(F)C(F)(F)S(=O)(=O)O. The lowest BCUT2D eigenvalue weighted by Crippen LogP contribution is -2.39. The van der Waals surface area contributed by atoms with E-state index in [0.29, 0.717) is 12.8 Å². The average molecular weight is 362 g/mol. The molecule has 0 aromatic carbocycles. The lowest BCUT2D eigenvalue weighted by atomic mass is 9.79. The number of hydrogen-bond donors (Lipinski definition) is 2. The van der Waals surface area contributed by atoms with Crippen molar-refractivity contribution in [2.24, 2.45) is 11.8 Å². The van der Waals surface area contributed by atoms with Crippen molar-refractivity contribution in [1.29, 1.82) is 0 Å². The molecule has 0 amide bonds. The first kappa shape index (κ1) is 19.7. The first-order valence-corrected chi connectivity index (χ1v) is 8.31. The Labute approximate surface area is 130 Å². The van der Waals surface area contributed by atoms with Gasteiger partial charge in [0.15, 0.2) is 6.17 Å². The molecule has 1 aliphatic carbocycles. The Hall–Kier alpha value is -1.36. The first-order chi connectivity index (χ1) is 10.5. The molecule has 0 aliphatic heterocycles. The number of carbonyl (C=O) groups excluding carboxylic acids is 1. The summed E-state index contributed by atoms with van der Waals surface area (Å²) in [5.74, 6) is -4.01. The zero-order chi connectivity index (χ0) is 17.8. The van der Waals surface area contributed by atoms with E-state index < -0.39 is 58.3 Å². The molecule has 23 heavy (non-hydrogen) atoms. The van der Waals surface area contributed by atoms with Gasteiger partial charge in [-0.1, -0.05) is 12.8 Å². The number of rotatable bonds is 7. The molecule has 0 heterocycles. The van der Waals surface area contributed by atoms with Gasteiger partial charge in [0, 0.05) is 6.42 Å². The highest BCUT2D eigenvalue weighted by Gasteiger charge is 2.52. The molecule has 0 aromatic heterocycles. The summed E-state index contributed by atoms with van der Waals surface area (Å²) in [6.07, 6.45) is -2.63. The van der Waals surface area contributed by atoms with E-state index in [1.165, 1.54) is 0 Å². The maximum atomic E-state index is 13.2. The van der Waals surface area contributed by atoms with Crippen LogP contribution < -0.4 is 0 Å². The van der Waals surface area contributed by atoms with Gasteiger partial charge >= 0.3 is 27.3 Å². The van der Waals surface area contributed by atoms with Crippen molar-refractivity contribution in [3.63, 3.8) is 0 Å². The highest BCUT2D eigenvalue weighted by atomic mass is 32.2. The molecular weight excluding hydrogens is 345 g/mol. The van der Waals surface area contributed by atoms with Gasteiger partial charge in [0.2, 0.25) is 0 Å². The van der Waals surface area contributed by atoms with E-state index in [2.05, 4.69) is 4.74 Å². The highest BCUT2D eigenvalue weighted by molar-refractivity contribution is 7.86. The Morgan fingerprint density at radius 2 is 1.74 bits per heavy atom. The number of hydrogen-bond acceptors (Lipinski definition) is 5. The molecule has 7 nitrogen and oxygen atoms in total. The molecule has 2 N–H and O–H groups in total. The van der Waals surface area contributed by atoms with E-state index in [4.69, 9.17) is 9.66 Å². The largest absolute Gasteiger partial charge is 0.481 e. The molecule has 134 valence electrons. The van der Waals surface area contributed by atoms with Crippen LogP contribution in [0.25, 0.3) is 0 Å². The quantitative estimate of drug-likeness (QED) is 0.522. The summed E-state index contributed by atoms with van der Waals surface area (Å²) in [7, 11) is -5.92. The molecule has 0 spiro atoms. The molecule has 1 aliphatic rings. The van der Waals surface area contributed by atoms with E-state index in [1.807, 2.05) is 0 Å². The predicted octanol–water partition coefficient (Wildman–Crippen LogP) is 1.63. The summed E-state index contributed by atoms with van der Waals surface area (Å²) in [5, 5.41) is 4.00. The van der Waals surface area contributed by atoms with Gasteiger partial charge in [-0.15, -0.1) is 0 Å². The van der Waals surface area contributed by atoms with Crippen molar-refractivity contribution in [2.45, 2.75) is 43.5 Å². The smallest absolute Gasteiger partial charge is 0.400 e. The Bertz CT molecular complexity index is 549. The van der Waals surface area contributed by atoms with Crippen LogP contribution in [0, 0.1) is 11.8 Å². The number of esters is 1. The van der Waals surface area contributed by atoms with Crippen LogP contribution in [0.4, 0.5) is 13.2 Å². The van der Waals surface area contributed by atoms with Crippen LogP contribution >= 0.6 is 0 Å². The van der Waals surface area contributed by atoms with Gasteiger partial charge in [0.05, 0.1) is 18.4 Å². The van der Waals surface area contributed by atoms with Gasteiger partial charge in [0.25, 0.3) is 0 Å². The fourth-order valence-corrected chi connectivity index (χ4v) is 2.85. The maximum Gasteiger partial charge on any atom is 0.400 e. The van der Waals surface area contributed by atoms with E-state index in [-0.39, 0.29) is 12.8 Å². The van der Waals surface area contributed by atoms with Crippen molar-refractivity contribution >= 4 is 22.1 Å². The summed E-state index contributed by atoms with van der Waals surface area (Å²) in [4.78, 5) is 22.8. The van der Waals surface area contributed by atoms with Gasteiger partial charge in [-0.3, -0.25) is 14.1 Å². The minimum atomic E-state index is -5.92. The van der Waals surface area contributed by atoms with Crippen molar-refractivity contribution in [1.82, 2.24) is 0 Å². The van der Waals surface area contributed by atoms with Crippen LogP contribution in [0.2, 0.25) is 0 Å². The fraction of sp³-hybridized carbons (Fsp3) is 0.833. The summed E-state index contributed by atoms with van der Waals surface area (Å²) in [5.41, 5.74) is 0. The molecule has 0 saturated heterocycles. The summed E-state index contributed by atoms with van der Waals surface area (Å²) >= 11 is 0. The van der Waals surface area contributed by atoms with Crippen molar-refractivity contribution in [3.8, 4) is 0 Å². The number of alkyl halides is 3. The maximum absolute atomic E-state index is 13.2. The minimum Gasteiger partial charge on any atom is -0.481 e. The second-order valence-corrected chi connectivity index (χ2v) is 6.79. The monoisotopic (exact) mass is 362 g/mol.